The minimum Gasteiger partial charge on any atom is -0.481 e. The number of carboxylic acids is 1. The summed E-state index contributed by atoms with van der Waals surface area (Å²) < 4.78 is 27.0. The van der Waals surface area contributed by atoms with Crippen LogP contribution in [0.15, 0.2) is 33.3 Å². The number of aliphatic carboxylic acids is 1. The van der Waals surface area contributed by atoms with Crippen molar-refractivity contribution in [3.63, 3.8) is 0 Å². The fourth-order valence-corrected chi connectivity index (χ4v) is 8.97. The van der Waals surface area contributed by atoms with Gasteiger partial charge in [-0.25, -0.2) is 12.7 Å². The number of amides is 1. The van der Waals surface area contributed by atoms with Crippen molar-refractivity contribution in [1.29, 1.82) is 0 Å². The molecular formula is C28H32Br2ClN3O5S. The minimum absolute atomic E-state index is 0.0511. The second kappa shape index (κ2) is 11.6. The number of hydrogen-bond acceptors (Lipinski definition) is 5. The van der Waals surface area contributed by atoms with Crippen molar-refractivity contribution in [1.82, 2.24) is 14.2 Å². The van der Waals surface area contributed by atoms with Crippen LogP contribution in [0.2, 0.25) is 5.02 Å². The van der Waals surface area contributed by atoms with Gasteiger partial charge in [-0.3, -0.25) is 14.6 Å². The third-order valence-corrected chi connectivity index (χ3v) is 11.5. The van der Waals surface area contributed by atoms with Crippen molar-refractivity contribution in [2.75, 3.05) is 32.4 Å². The van der Waals surface area contributed by atoms with Crippen molar-refractivity contribution in [3.05, 3.63) is 60.7 Å². The molecule has 1 N–H and O–H groups in total. The van der Waals surface area contributed by atoms with E-state index >= 15 is 0 Å². The van der Waals surface area contributed by atoms with E-state index in [0.29, 0.717) is 18.1 Å². The number of aryl methyl sites for hydroxylation is 2. The maximum atomic E-state index is 13.4. The van der Waals surface area contributed by atoms with E-state index in [-0.39, 0.29) is 50.1 Å². The highest BCUT2D eigenvalue weighted by atomic mass is 79.9. The molecular weight excluding hydrogens is 686 g/mol. The molecule has 3 heterocycles. The summed E-state index contributed by atoms with van der Waals surface area (Å²) in [6.07, 6.45) is 6.39. The zero-order valence-electron chi connectivity index (χ0n) is 22.2. The number of benzene rings is 1. The zero-order valence-corrected chi connectivity index (χ0v) is 27.0. The Morgan fingerprint density at radius 3 is 2.35 bits per heavy atom. The molecule has 0 bridgehead atoms. The number of hydrogen-bond donors (Lipinski definition) is 1. The third kappa shape index (κ3) is 6.00. The third-order valence-electron chi connectivity index (χ3n) is 8.87. The van der Waals surface area contributed by atoms with Gasteiger partial charge >= 0.3 is 5.97 Å². The van der Waals surface area contributed by atoms with Gasteiger partial charge in [-0.1, -0.05) is 27.5 Å². The normalized spacial score (nSPS) is 21.8. The molecule has 3 aliphatic rings. The monoisotopic (exact) mass is 715 g/mol. The molecule has 2 aliphatic heterocycles. The van der Waals surface area contributed by atoms with E-state index in [1.54, 1.807) is 4.90 Å². The van der Waals surface area contributed by atoms with Gasteiger partial charge in [0.25, 0.3) is 0 Å². The first kappa shape index (κ1) is 29.9. The quantitative estimate of drug-likeness (QED) is 0.454. The summed E-state index contributed by atoms with van der Waals surface area (Å²) in [6.45, 7) is 1.31. The summed E-state index contributed by atoms with van der Waals surface area (Å²) in [5.41, 5.74) is 3.46. The number of carbonyl (C=O) groups excluding carboxylic acids is 1. The van der Waals surface area contributed by atoms with Crippen molar-refractivity contribution in [2.24, 2.45) is 11.3 Å². The lowest BCUT2D eigenvalue weighted by molar-refractivity contribution is -0.156. The molecule has 2 saturated heterocycles. The van der Waals surface area contributed by atoms with E-state index in [4.69, 9.17) is 16.6 Å². The summed E-state index contributed by atoms with van der Waals surface area (Å²) >= 11 is 13.8. The topological polar surface area (TPSA) is 108 Å². The highest BCUT2D eigenvalue weighted by molar-refractivity contribution is 9.10. The molecule has 1 atom stereocenters. The van der Waals surface area contributed by atoms with Crippen LogP contribution in [0.3, 0.4) is 0 Å². The lowest BCUT2D eigenvalue weighted by Crippen LogP contribution is -2.49. The molecule has 0 radical (unpaired) electrons. The SMILES string of the molecule is CS(=O)(=O)N1CCC(CC(=O)N2CCC([C@H]3c4ncc(Br)cc4CCc4cc(Cl)cc(Br)c43)CC2)(C(=O)O)CC1. The Bertz CT molecular complexity index is 1440. The molecule has 216 valence electrons. The van der Waals surface area contributed by atoms with Gasteiger partial charge in [0.05, 0.1) is 17.4 Å². The molecule has 40 heavy (non-hydrogen) atoms. The highest BCUT2D eigenvalue weighted by Crippen LogP contribution is 2.46. The average Bonchev–Trinajstić information content (AvgIpc) is 3.05. The first-order valence-electron chi connectivity index (χ1n) is 13.5. The van der Waals surface area contributed by atoms with Crippen LogP contribution in [0, 0.1) is 11.3 Å². The van der Waals surface area contributed by atoms with Gasteiger partial charge < -0.3 is 10.0 Å². The molecule has 2 aromatic rings. The summed E-state index contributed by atoms with van der Waals surface area (Å²) in [6, 6.07) is 6.14. The summed E-state index contributed by atoms with van der Waals surface area (Å²) in [5.74, 6) is -0.908. The van der Waals surface area contributed by atoms with E-state index in [0.717, 1.165) is 46.6 Å². The molecule has 2 fully saturated rings. The van der Waals surface area contributed by atoms with E-state index < -0.39 is 21.4 Å². The molecule has 5 rings (SSSR count). The maximum absolute atomic E-state index is 13.4. The predicted octanol–water partition coefficient (Wildman–Crippen LogP) is 5.25. The second-order valence-corrected chi connectivity index (χ2v) is 15.5. The molecule has 0 saturated carbocycles. The van der Waals surface area contributed by atoms with Gasteiger partial charge in [-0.2, -0.15) is 0 Å². The van der Waals surface area contributed by atoms with Gasteiger partial charge in [0.2, 0.25) is 15.9 Å². The first-order chi connectivity index (χ1) is 18.9. The Labute approximate surface area is 256 Å². The molecule has 1 aromatic heterocycles. The van der Waals surface area contributed by atoms with Crippen LogP contribution in [-0.4, -0.2) is 72.0 Å². The average molecular weight is 718 g/mol. The van der Waals surface area contributed by atoms with Crippen molar-refractivity contribution < 1.29 is 23.1 Å². The molecule has 12 heteroatoms. The van der Waals surface area contributed by atoms with Crippen LogP contribution in [0.25, 0.3) is 0 Å². The molecule has 8 nitrogen and oxygen atoms in total. The standard InChI is InChI=1S/C28H32Br2ClN3O5S/c1-40(38,39)34-10-6-28(7-11-34,27(36)37)15-23(35)33-8-4-17(5-9-33)25-24-18(13-21(31)14-22(24)30)2-3-19-12-20(29)16-32-26(19)25/h12-14,16-17,25H,2-11,15H2,1H3,(H,36,37)/t25-/m1/s1. The van der Waals surface area contributed by atoms with E-state index in [1.807, 2.05) is 12.3 Å². The number of likely N-dealkylation sites (tertiary alicyclic amines) is 1. The van der Waals surface area contributed by atoms with Crippen molar-refractivity contribution in [3.8, 4) is 0 Å². The predicted molar refractivity (Wildman–Crippen MR) is 160 cm³/mol. The van der Waals surface area contributed by atoms with Gasteiger partial charge in [-0.15, -0.1) is 0 Å². The Hall–Kier alpha value is -1.53. The lowest BCUT2D eigenvalue weighted by Gasteiger charge is -2.40. The number of rotatable bonds is 5. The number of sulfonamides is 1. The molecule has 1 aliphatic carbocycles. The highest BCUT2D eigenvalue weighted by Gasteiger charge is 2.46. The van der Waals surface area contributed by atoms with Crippen LogP contribution >= 0.6 is 43.5 Å². The smallest absolute Gasteiger partial charge is 0.310 e. The van der Waals surface area contributed by atoms with E-state index in [1.165, 1.54) is 21.0 Å². The van der Waals surface area contributed by atoms with Crippen molar-refractivity contribution >= 4 is 65.4 Å². The van der Waals surface area contributed by atoms with Gasteiger partial charge in [0.1, 0.15) is 0 Å². The first-order valence-corrected chi connectivity index (χ1v) is 17.3. The van der Waals surface area contributed by atoms with Gasteiger partial charge in [-0.05, 0) is 95.3 Å². The summed E-state index contributed by atoms with van der Waals surface area (Å²) in [4.78, 5) is 32.4. The number of halogens is 3. The van der Waals surface area contributed by atoms with E-state index in [9.17, 15) is 23.1 Å². The largest absolute Gasteiger partial charge is 0.481 e. The summed E-state index contributed by atoms with van der Waals surface area (Å²) in [5, 5.41) is 10.7. The number of fused-ring (bicyclic) bond motifs is 2. The second-order valence-electron chi connectivity index (χ2n) is 11.3. The maximum Gasteiger partial charge on any atom is 0.310 e. The van der Waals surface area contributed by atoms with Crippen LogP contribution in [0.5, 0.6) is 0 Å². The molecule has 0 unspecified atom stereocenters. The van der Waals surface area contributed by atoms with Crippen LogP contribution in [0.4, 0.5) is 0 Å². The minimum atomic E-state index is -3.39. The number of carbonyl (C=O) groups is 2. The van der Waals surface area contributed by atoms with Crippen molar-refractivity contribution in [2.45, 2.75) is 50.9 Å². The summed E-state index contributed by atoms with van der Waals surface area (Å²) in [7, 11) is -3.39. The molecule has 0 spiro atoms. The van der Waals surface area contributed by atoms with Gasteiger partial charge in [0, 0.05) is 58.7 Å². The number of carboxylic acid groups (broad SMARTS) is 1. The Balaban J connectivity index is 1.34. The molecule has 1 aromatic carbocycles. The van der Waals surface area contributed by atoms with Crippen LogP contribution in [-0.2, 0) is 32.5 Å². The van der Waals surface area contributed by atoms with Crippen LogP contribution < -0.4 is 0 Å². The Morgan fingerprint density at radius 2 is 1.73 bits per heavy atom. The van der Waals surface area contributed by atoms with E-state index in [2.05, 4.69) is 44.0 Å². The number of aromatic nitrogens is 1. The number of nitrogens with zero attached hydrogens (tertiary/aromatic N) is 3. The Kier molecular flexibility index (Phi) is 8.70. The fourth-order valence-electron chi connectivity index (χ4n) is 6.63. The molecule has 1 amide bonds. The zero-order chi connectivity index (χ0) is 28.8. The fraction of sp³-hybridized carbons (Fsp3) is 0.536. The number of piperidine rings is 2. The lowest BCUT2D eigenvalue weighted by atomic mass is 9.74. The Morgan fingerprint density at radius 1 is 1.07 bits per heavy atom. The van der Waals surface area contributed by atoms with Gasteiger partial charge in [0.15, 0.2) is 0 Å². The number of pyridine rings is 1. The van der Waals surface area contributed by atoms with Crippen LogP contribution in [0.1, 0.15) is 60.4 Å².